The molecule has 0 saturated carbocycles. The van der Waals surface area contributed by atoms with E-state index in [4.69, 9.17) is 17.3 Å². The number of nitrogens with two attached hydrogens (primary N) is 1. The Kier molecular flexibility index (Phi) is 4.54. The molecule has 0 radical (unpaired) electrons. The van der Waals surface area contributed by atoms with E-state index < -0.39 is 5.54 Å². The summed E-state index contributed by atoms with van der Waals surface area (Å²) in [7, 11) is 0. The molecular weight excluding hydrogens is 236 g/mol. The van der Waals surface area contributed by atoms with Crippen molar-refractivity contribution in [2.24, 2.45) is 5.73 Å². The van der Waals surface area contributed by atoms with Gasteiger partial charge in [0.1, 0.15) is 0 Å². The van der Waals surface area contributed by atoms with E-state index >= 15 is 0 Å². The van der Waals surface area contributed by atoms with E-state index in [1.807, 2.05) is 26.0 Å². The van der Waals surface area contributed by atoms with Gasteiger partial charge in [0.25, 0.3) is 0 Å². The van der Waals surface area contributed by atoms with Crippen molar-refractivity contribution in [3.63, 3.8) is 0 Å². The maximum Gasteiger partial charge on any atom is 0.244 e. The second-order valence-corrected chi connectivity index (χ2v) is 5.01. The van der Waals surface area contributed by atoms with Crippen LogP contribution in [0.3, 0.4) is 0 Å². The number of hydrogen-bond acceptors (Lipinski definition) is 2. The van der Waals surface area contributed by atoms with Crippen LogP contribution in [0.4, 0.5) is 5.69 Å². The topological polar surface area (TPSA) is 55.1 Å². The predicted molar refractivity (Wildman–Crippen MR) is 72.3 cm³/mol. The molecule has 3 N–H and O–H groups in total. The van der Waals surface area contributed by atoms with Gasteiger partial charge in [-0.15, -0.1) is 0 Å². The molecule has 0 heterocycles. The van der Waals surface area contributed by atoms with Crippen LogP contribution in [-0.4, -0.2) is 11.4 Å². The molecule has 0 aliphatic rings. The highest BCUT2D eigenvalue weighted by Crippen LogP contribution is 2.24. The Labute approximate surface area is 107 Å². The van der Waals surface area contributed by atoms with Gasteiger partial charge in [-0.1, -0.05) is 31.0 Å². The Morgan fingerprint density at radius 2 is 2.18 bits per heavy atom. The Bertz CT molecular complexity index is 416. The van der Waals surface area contributed by atoms with Crippen molar-refractivity contribution in [1.29, 1.82) is 0 Å². The number of carbonyl (C=O) groups is 1. The number of carbonyl (C=O) groups excluding carboxylic acids is 1. The Hall–Kier alpha value is -1.06. The lowest BCUT2D eigenvalue weighted by molar-refractivity contribution is -0.120. The van der Waals surface area contributed by atoms with E-state index in [0.717, 1.165) is 12.0 Å². The average Bonchev–Trinajstić information content (AvgIpc) is 2.22. The van der Waals surface area contributed by atoms with Crippen LogP contribution in [-0.2, 0) is 4.79 Å². The number of anilines is 1. The van der Waals surface area contributed by atoms with Gasteiger partial charge in [0, 0.05) is 0 Å². The minimum absolute atomic E-state index is 0.204. The van der Waals surface area contributed by atoms with E-state index in [1.54, 1.807) is 13.0 Å². The summed E-state index contributed by atoms with van der Waals surface area (Å²) in [4.78, 5) is 12.0. The van der Waals surface area contributed by atoms with Crippen LogP contribution >= 0.6 is 11.6 Å². The molecule has 3 nitrogen and oxygen atoms in total. The highest BCUT2D eigenvalue weighted by atomic mass is 35.5. The number of hydrogen-bond donors (Lipinski definition) is 2. The van der Waals surface area contributed by atoms with Gasteiger partial charge in [-0.25, -0.2) is 0 Å². The summed E-state index contributed by atoms with van der Waals surface area (Å²) in [6.07, 6.45) is 1.50. The minimum Gasteiger partial charge on any atom is -0.323 e. The maximum atomic E-state index is 12.0. The summed E-state index contributed by atoms with van der Waals surface area (Å²) < 4.78 is 0. The van der Waals surface area contributed by atoms with Gasteiger partial charge in [0.15, 0.2) is 0 Å². The summed E-state index contributed by atoms with van der Waals surface area (Å²) in [6, 6.07) is 5.50. The fourth-order valence-electron chi connectivity index (χ4n) is 1.62. The number of amides is 1. The van der Waals surface area contributed by atoms with E-state index in [2.05, 4.69) is 5.32 Å². The van der Waals surface area contributed by atoms with Crippen molar-refractivity contribution in [3.8, 4) is 0 Å². The normalized spacial score (nSPS) is 14.2. The van der Waals surface area contributed by atoms with Crippen LogP contribution in [0.5, 0.6) is 0 Å². The molecule has 1 unspecified atom stereocenters. The Balaban J connectivity index is 2.81. The molecule has 0 saturated heterocycles. The van der Waals surface area contributed by atoms with Gasteiger partial charge in [0.05, 0.1) is 16.2 Å². The first-order valence-electron chi connectivity index (χ1n) is 5.73. The molecular formula is C13H19ClN2O. The van der Waals surface area contributed by atoms with Gasteiger partial charge in [-0.05, 0) is 38.0 Å². The van der Waals surface area contributed by atoms with Crippen LogP contribution in [0, 0.1) is 6.92 Å². The quantitative estimate of drug-likeness (QED) is 0.868. The molecule has 1 atom stereocenters. The number of benzene rings is 1. The van der Waals surface area contributed by atoms with Crippen molar-refractivity contribution in [2.45, 2.75) is 39.2 Å². The second kappa shape index (κ2) is 5.52. The van der Waals surface area contributed by atoms with E-state index in [1.165, 1.54) is 0 Å². The summed E-state index contributed by atoms with van der Waals surface area (Å²) >= 11 is 6.05. The van der Waals surface area contributed by atoms with Crippen LogP contribution in [0.15, 0.2) is 18.2 Å². The molecule has 4 heteroatoms. The van der Waals surface area contributed by atoms with E-state index in [0.29, 0.717) is 17.1 Å². The highest BCUT2D eigenvalue weighted by Gasteiger charge is 2.27. The Morgan fingerprint density at radius 1 is 1.53 bits per heavy atom. The third-order valence-corrected chi connectivity index (χ3v) is 2.97. The molecule has 0 bridgehead atoms. The van der Waals surface area contributed by atoms with Gasteiger partial charge in [-0.3, -0.25) is 4.79 Å². The largest absolute Gasteiger partial charge is 0.323 e. The molecule has 94 valence electrons. The van der Waals surface area contributed by atoms with Crippen molar-refractivity contribution < 1.29 is 4.79 Å². The standard InChI is InChI=1S/C13H19ClN2O/c1-4-7-13(3,15)12(17)16-11-6-5-9(2)8-10(11)14/h5-6,8H,4,7,15H2,1-3H3,(H,16,17). The molecule has 17 heavy (non-hydrogen) atoms. The van der Waals surface area contributed by atoms with E-state index in [-0.39, 0.29) is 5.91 Å². The zero-order chi connectivity index (χ0) is 13.1. The molecule has 1 rings (SSSR count). The lowest BCUT2D eigenvalue weighted by atomic mass is 9.96. The fourth-order valence-corrected chi connectivity index (χ4v) is 1.90. The van der Waals surface area contributed by atoms with Gasteiger partial charge in [0.2, 0.25) is 5.91 Å². The van der Waals surface area contributed by atoms with Crippen LogP contribution < -0.4 is 11.1 Å². The van der Waals surface area contributed by atoms with Crippen molar-refractivity contribution >= 4 is 23.2 Å². The highest BCUT2D eigenvalue weighted by molar-refractivity contribution is 6.33. The predicted octanol–water partition coefficient (Wildman–Crippen LogP) is 3.10. The molecule has 0 aliphatic heterocycles. The monoisotopic (exact) mass is 254 g/mol. The first-order chi connectivity index (χ1) is 7.86. The van der Waals surface area contributed by atoms with Gasteiger partial charge < -0.3 is 11.1 Å². The van der Waals surface area contributed by atoms with Crippen LogP contribution in [0.25, 0.3) is 0 Å². The zero-order valence-corrected chi connectivity index (χ0v) is 11.3. The molecule has 1 amide bonds. The number of rotatable bonds is 4. The smallest absolute Gasteiger partial charge is 0.244 e. The zero-order valence-electron chi connectivity index (χ0n) is 10.5. The first-order valence-corrected chi connectivity index (χ1v) is 6.11. The lowest BCUT2D eigenvalue weighted by Gasteiger charge is -2.23. The lowest BCUT2D eigenvalue weighted by Crippen LogP contribution is -2.48. The van der Waals surface area contributed by atoms with Crippen molar-refractivity contribution in [2.75, 3.05) is 5.32 Å². The summed E-state index contributed by atoms with van der Waals surface area (Å²) in [5.41, 5.74) is 6.74. The van der Waals surface area contributed by atoms with Crippen LogP contribution in [0.2, 0.25) is 5.02 Å². The third kappa shape index (κ3) is 3.72. The maximum absolute atomic E-state index is 12.0. The van der Waals surface area contributed by atoms with Crippen molar-refractivity contribution in [1.82, 2.24) is 0 Å². The minimum atomic E-state index is -0.858. The summed E-state index contributed by atoms with van der Waals surface area (Å²) in [5.74, 6) is -0.204. The molecule has 1 aromatic carbocycles. The molecule has 1 aromatic rings. The van der Waals surface area contributed by atoms with E-state index in [9.17, 15) is 4.79 Å². The summed E-state index contributed by atoms with van der Waals surface area (Å²) in [5, 5.41) is 3.30. The van der Waals surface area contributed by atoms with Crippen molar-refractivity contribution in [3.05, 3.63) is 28.8 Å². The van der Waals surface area contributed by atoms with Gasteiger partial charge >= 0.3 is 0 Å². The fraction of sp³-hybridized carbons (Fsp3) is 0.462. The first kappa shape index (κ1) is 14.0. The SMILES string of the molecule is CCCC(C)(N)C(=O)Nc1ccc(C)cc1Cl. The molecule has 0 aromatic heterocycles. The van der Waals surface area contributed by atoms with Gasteiger partial charge in [-0.2, -0.15) is 0 Å². The number of halogens is 1. The van der Waals surface area contributed by atoms with Crippen LogP contribution in [0.1, 0.15) is 32.3 Å². The second-order valence-electron chi connectivity index (χ2n) is 4.60. The molecule has 0 spiro atoms. The number of aryl methyl sites for hydroxylation is 1. The number of nitrogens with one attached hydrogen (secondary N) is 1. The third-order valence-electron chi connectivity index (χ3n) is 2.66. The Morgan fingerprint density at radius 3 is 2.71 bits per heavy atom. The molecule has 0 fully saturated rings. The molecule has 0 aliphatic carbocycles. The summed E-state index contributed by atoms with van der Waals surface area (Å²) in [6.45, 7) is 5.67. The average molecular weight is 255 g/mol.